The van der Waals surface area contributed by atoms with Crippen LogP contribution in [0.4, 0.5) is 10.5 Å². The lowest BCUT2D eigenvalue weighted by atomic mass is 10.2. The van der Waals surface area contributed by atoms with Gasteiger partial charge in [-0.15, -0.1) is 0 Å². The van der Waals surface area contributed by atoms with Gasteiger partial charge in [-0.3, -0.25) is 0 Å². The summed E-state index contributed by atoms with van der Waals surface area (Å²) in [4.78, 5) is 13.7. The molecule has 1 aliphatic rings. The van der Waals surface area contributed by atoms with Gasteiger partial charge in [0.15, 0.2) is 5.84 Å². The van der Waals surface area contributed by atoms with Crippen LogP contribution in [-0.4, -0.2) is 47.8 Å². The number of aryl methyl sites for hydroxylation is 1. The molecule has 0 bridgehead atoms. The Kier molecular flexibility index (Phi) is 4.41. The Morgan fingerprint density at radius 2 is 2.20 bits per heavy atom. The number of nitrogens with two attached hydrogens (primary N) is 1. The summed E-state index contributed by atoms with van der Waals surface area (Å²) in [6.07, 6.45) is -0.572. The molecule has 1 aromatic carbocycles. The molecule has 2 rings (SSSR count). The van der Waals surface area contributed by atoms with Crippen LogP contribution in [0.25, 0.3) is 0 Å². The van der Waals surface area contributed by atoms with Crippen LogP contribution in [0.2, 0.25) is 0 Å². The van der Waals surface area contributed by atoms with Crippen LogP contribution in [0.5, 0.6) is 0 Å². The van der Waals surface area contributed by atoms with E-state index in [0.29, 0.717) is 13.2 Å². The smallest absolute Gasteiger partial charge is 0.322 e. The molecular formula is C13H18N4O3. The number of hydrogen-bond donors (Lipinski definition) is 3. The Bertz CT molecular complexity index is 501. The molecule has 1 heterocycles. The van der Waals surface area contributed by atoms with Crippen LogP contribution >= 0.6 is 0 Å². The van der Waals surface area contributed by atoms with Gasteiger partial charge in [-0.2, -0.15) is 0 Å². The predicted octanol–water partition coefficient (Wildman–Crippen LogP) is 0.974. The van der Waals surface area contributed by atoms with Crippen LogP contribution < -0.4 is 11.1 Å². The highest BCUT2D eigenvalue weighted by Crippen LogP contribution is 2.12. The number of ether oxygens (including phenoxy) is 1. The summed E-state index contributed by atoms with van der Waals surface area (Å²) in [5.74, 6) is -0.0298. The van der Waals surface area contributed by atoms with Crippen molar-refractivity contribution in [1.29, 1.82) is 0 Å². The highest BCUT2D eigenvalue weighted by Gasteiger charge is 2.27. The maximum atomic E-state index is 12.1. The Morgan fingerprint density at radius 3 is 2.85 bits per heavy atom. The van der Waals surface area contributed by atoms with E-state index in [1.807, 2.05) is 31.2 Å². The zero-order chi connectivity index (χ0) is 14.5. The molecule has 2 amide bonds. The molecule has 20 heavy (non-hydrogen) atoms. The van der Waals surface area contributed by atoms with Crippen LogP contribution in [-0.2, 0) is 4.74 Å². The first-order chi connectivity index (χ1) is 9.60. The van der Waals surface area contributed by atoms with Gasteiger partial charge < -0.3 is 25.9 Å². The Labute approximate surface area is 117 Å². The lowest BCUT2D eigenvalue weighted by Crippen LogP contribution is -2.51. The number of morpholine rings is 1. The second-order valence-electron chi connectivity index (χ2n) is 4.63. The van der Waals surface area contributed by atoms with E-state index in [-0.39, 0.29) is 18.4 Å². The van der Waals surface area contributed by atoms with Gasteiger partial charge in [0.05, 0.1) is 13.2 Å². The number of carbonyl (C=O) groups is 1. The second-order valence-corrected chi connectivity index (χ2v) is 4.63. The highest BCUT2D eigenvalue weighted by molar-refractivity contribution is 5.90. The maximum Gasteiger partial charge on any atom is 0.322 e. The molecule has 0 spiro atoms. The number of urea groups is 1. The lowest BCUT2D eigenvalue weighted by molar-refractivity contribution is 0.0223. The maximum absolute atomic E-state index is 12.1. The molecule has 1 aliphatic heterocycles. The van der Waals surface area contributed by atoms with Crippen molar-refractivity contribution >= 4 is 17.6 Å². The molecule has 1 fully saturated rings. The number of oxime groups is 1. The monoisotopic (exact) mass is 278 g/mol. The van der Waals surface area contributed by atoms with E-state index in [2.05, 4.69) is 10.5 Å². The minimum Gasteiger partial charge on any atom is -0.409 e. The molecule has 0 saturated carbocycles. The zero-order valence-corrected chi connectivity index (χ0v) is 11.2. The molecule has 0 aromatic heterocycles. The molecule has 1 atom stereocenters. The van der Waals surface area contributed by atoms with E-state index in [1.54, 1.807) is 4.90 Å². The van der Waals surface area contributed by atoms with Crippen molar-refractivity contribution in [1.82, 2.24) is 4.90 Å². The summed E-state index contributed by atoms with van der Waals surface area (Å²) in [6.45, 7) is 3.05. The van der Waals surface area contributed by atoms with Gasteiger partial charge in [0, 0.05) is 12.2 Å². The van der Waals surface area contributed by atoms with Crippen molar-refractivity contribution in [2.24, 2.45) is 10.9 Å². The van der Waals surface area contributed by atoms with Gasteiger partial charge in [0.25, 0.3) is 0 Å². The van der Waals surface area contributed by atoms with E-state index < -0.39 is 6.10 Å². The van der Waals surface area contributed by atoms with Gasteiger partial charge in [-0.25, -0.2) is 4.79 Å². The standard InChI is InChI=1S/C13H18N4O3/c1-9-2-4-10(5-3-9)15-13(18)17-6-7-20-11(8-17)12(14)16-19/h2-5,11,19H,6-8H2,1H3,(H2,14,16)(H,15,18). The normalized spacial score (nSPS) is 19.8. The molecular weight excluding hydrogens is 260 g/mol. The van der Waals surface area contributed by atoms with Gasteiger partial charge in [-0.1, -0.05) is 22.9 Å². The second kappa shape index (κ2) is 6.25. The van der Waals surface area contributed by atoms with E-state index in [9.17, 15) is 4.79 Å². The fourth-order valence-electron chi connectivity index (χ4n) is 1.92. The summed E-state index contributed by atoms with van der Waals surface area (Å²) in [5, 5.41) is 14.4. The van der Waals surface area contributed by atoms with Gasteiger partial charge in [0.2, 0.25) is 0 Å². The number of amidine groups is 1. The van der Waals surface area contributed by atoms with Crippen molar-refractivity contribution in [2.75, 3.05) is 25.0 Å². The number of nitrogens with zero attached hydrogens (tertiary/aromatic N) is 2. The predicted molar refractivity (Wildman–Crippen MR) is 74.9 cm³/mol. The molecule has 7 nitrogen and oxygen atoms in total. The first-order valence-corrected chi connectivity index (χ1v) is 6.32. The molecule has 108 valence electrons. The van der Waals surface area contributed by atoms with Crippen LogP contribution in [0.3, 0.4) is 0 Å². The number of anilines is 1. The molecule has 1 aromatic rings. The molecule has 7 heteroatoms. The summed E-state index contributed by atoms with van der Waals surface area (Å²) >= 11 is 0. The first-order valence-electron chi connectivity index (χ1n) is 6.32. The zero-order valence-electron chi connectivity index (χ0n) is 11.2. The fraction of sp³-hybridized carbons (Fsp3) is 0.385. The van der Waals surface area contributed by atoms with E-state index in [4.69, 9.17) is 15.7 Å². The average molecular weight is 278 g/mol. The molecule has 0 aliphatic carbocycles. The van der Waals surface area contributed by atoms with Crippen LogP contribution in [0, 0.1) is 6.92 Å². The lowest BCUT2D eigenvalue weighted by Gasteiger charge is -2.32. The van der Waals surface area contributed by atoms with Crippen molar-refractivity contribution in [3.63, 3.8) is 0 Å². The molecule has 4 N–H and O–H groups in total. The SMILES string of the molecule is Cc1ccc(NC(=O)N2CCOC(C(N)=NO)C2)cc1. The summed E-state index contributed by atoms with van der Waals surface area (Å²) < 4.78 is 5.34. The van der Waals surface area contributed by atoms with E-state index in [0.717, 1.165) is 11.3 Å². The fourth-order valence-corrected chi connectivity index (χ4v) is 1.92. The number of nitrogens with one attached hydrogen (secondary N) is 1. The minimum atomic E-state index is -0.572. The van der Waals surface area contributed by atoms with E-state index in [1.165, 1.54) is 0 Å². The Balaban J connectivity index is 1.96. The average Bonchev–Trinajstić information content (AvgIpc) is 2.49. The number of hydrogen-bond acceptors (Lipinski definition) is 4. The third kappa shape index (κ3) is 3.39. The van der Waals surface area contributed by atoms with Crippen molar-refractivity contribution in [3.8, 4) is 0 Å². The molecule has 1 saturated heterocycles. The third-order valence-electron chi connectivity index (χ3n) is 3.10. The molecule has 0 radical (unpaired) electrons. The van der Waals surface area contributed by atoms with Gasteiger partial charge in [0.1, 0.15) is 6.10 Å². The summed E-state index contributed by atoms with van der Waals surface area (Å²) in [7, 11) is 0. The Morgan fingerprint density at radius 1 is 1.50 bits per heavy atom. The minimum absolute atomic E-state index is 0.0298. The first kappa shape index (κ1) is 14.1. The quantitative estimate of drug-likeness (QED) is 0.325. The number of rotatable bonds is 2. The van der Waals surface area contributed by atoms with Gasteiger partial charge in [-0.05, 0) is 19.1 Å². The molecule has 1 unspecified atom stereocenters. The van der Waals surface area contributed by atoms with Crippen molar-refractivity contribution in [3.05, 3.63) is 29.8 Å². The highest BCUT2D eigenvalue weighted by atomic mass is 16.5. The van der Waals surface area contributed by atoms with E-state index >= 15 is 0 Å². The summed E-state index contributed by atoms with van der Waals surface area (Å²) in [6, 6.07) is 7.30. The van der Waals surface area contributed by atoms with Crippen LogP contribution in [0.15, 0.2) is 29.4 Å². The Hall–Kier alpha value is -2.28. The number of amides is 2. The largest absolute Gasteiger partial charge is 0.409 e. The van der Waals surface area contributed by atoms with Crippen molar-refractivity contribution < 1.29 is 14.7 Å². The summed E-state index contributed by atoms with van der Waals surface area (Å²) in [5.41, 5.74) is 7.35. The topological polar surface area (TPSA) is 100 Å². The number of benzene rings is 1. The third-order valence-corrected chi connectivity index (χ3v) is 3.10. The van der Waals surface area contributed by atoms with Crippen LogP contribution in [0.1, 0.15) is 5.56 Å². The van der Waals surface area contributed by atoms with Gasteiger partial charge >= 0.3 is 6.03 Å². The van der Waals surface area contributed by atoms with Crippen molar-refractivity contribution in [2.45, 2.75) is 13.0 Å². The number of carbonyl (C=O) groups excluding carboxylic acids is 1.